The normalized spacial score (nSPS) is 18.1. The fourth-order valence-electron chi connectivity index (χ4n) is 11.1. The Morgan fingerprint density at radius 2 is 0.847 bits per heavy atom. The molecule has 4 aromatic rings. The van der Waals surface area contributed by atoms with Crippen molar-refractivity contribution in [3.8, 4) is 0 Å². The zero-order valence-corrected chi connectivity index (χ0v) is 54.7. The highest BCUT2D eigenvalue weighted by Gasteiger charge is 2.33. The average Bonchev–Trinajstić information content (AvgIpc) is 3.69. The lowest BCUT2D eigenvalue weighted by atomic mass is 9.96. The molecule has 0 saturated carbocycles. The molecular weight excluding hydrogens is 1120 g/mol. The van der Waals surface area contributed by atoms with Crippen LogP contribution >= 0.6 is 23.2 Å². The van der Waals surface area contributed by atoms with Gasteiger partial charge >= 0.3 is 0 Å². The summed E-state index contributed by atoms with van der Waals surface area (Å²) in [6.45, 7) is 33.3. The number of likely N-dealkylation sites (N-methyl/N-ethyl adjacent to an activating group) is 2. The molecule has 3 N–H and O–H groups in total. The zero-order chi connectivity index (χ0) is 62.7. The van der Waals surface area contributed by atoms with Crippen molar-refractivity contribution in [2.45, 2.75) is 111 Å². The minimum Gasteiger partial charge on any atom is -0.378 e. The third-order valence-corrected chi connectivity index (χ3v) is 17.0. The maximum absolute atomic E-state index is 13.2. The number of piperazine rings is 4. The Kier molecular flexibility index (Phi) is 28.7. The van der Waals surface area contributed by atoms with Gasteiger partial charge in [-0.3, -0.25) is 43.7 Å². The Labute approximate surface area is 518 Å². The molecular formula is C66H100Cl2FN11O5. The number of carbonyl (C=O) groups is 4. The van der Waals surface area contributed by atoms with Gasteiger partial charge in [-0.15, -0.1) is 0 Å². The van der Waals surface area contributed by atoms with Gasteiger partial charge in [0.2, 0.25) is 17.7 Å². The lowest BCUT2D eigenvalue weighted by molar-refractivity contribution is -0.142. The molecule has 4 fully saturated rings. The van der Waals surface area contributed by atoms with Crippen LogP contribution < -0.4 is 5.73 Å². The Hall–Kier alpha value is -5.05. The summed E-state index contributed by atoms with van der Waals surface area (Å²) in [5.41, 5.74) is 10.4. The molecule has 16 nitrogen and oxygen atoms in total. The minimum absolute atomic E-state index is 0.0179. The summed E-state index contributed by atoms with van der Waals surface area (Å²) in [4.78, 5) is 71.7. The van der Waals surface area contributed by atoms with E-state index in [0.717, 1.165) is 114 Å². The van der Waals surface area contributed by atoms with Gasteiger partial charge in [-0.05, 0) is 149 Å². The highest BCUT2D eigenvalue weighted by atomic mass is 35.5. The second-order valence-electron chi connectivity index (χ2n) is 24.5. The number of nitrogens with zero attached hydrogens (tertiary/aromatic N) is 10. The van der Waals surface area contributed by atoms with Gasteiger partial charge in [0.25, 0.3) is 5.91 Å². The number of amides is 4. The van der Waals surface area contributed by atoms with Crippen LogP contribution in [0.2, 0.25) is 10.0 Å². The van der Waals surface area contributed by atoms with Crippen LogP contribution in [0.5, 0.6) is 0 Å². The van der Waals surface area contributed by atoms with E-state index in [1.807, 2.05) is 114 Å². The molecule has 19 heteroatoms. The van der Waals surface area contributed by atoms with E-state index in [0.29, 0.717) is 59.4 Å². The number of hydrogen-bond donors (Lipinski definition) is 2. The van der Waals surface area contributed by atoms with E-state index in [1.54, 1.807) is 35.2 Å². The van der Waals surface area contributed by atoms with Crippen molar-refractivity contribution in [2.24, 2.45) is 5.73 Å². The number of carbonyl (C=O) groups excluding carboxylic acids is 4. The van der Waals surface area contributed by atoms with Crippen molar-refractivity contribution in [1.82, 2.24) is 49.0 Å². The number of aryl methyl sites for hydroxylation is 1. The van der Waals surface area contributed by atoms with Crippen LogP contribution in [-0.4, -0.2) is 241 Å². The molecule has 0 spiro atoms. The maximum Gasteiger partial charge on any atom is 0.256 e. The zero-order valence-electron chi connectivity index (χ0n) is 53.1. The summed E-state index contributed by atoms with van der Waals surface area (Å²) in [6.07, 6.45) is -1.04. The predicted octanol–water partition coefficient (Wildman–Crippen LogP) is 7.99. The number of benzene rings is 4. The number of rotatable bonds is 15. The van der Waals surface area contributed by atoms with Crippen LogP contribution in [0.15, 0.2) is 97.1 Å². The summed E-state index contributed by atoms with van der Waals surface area (Å²) in [6, 6.07) is 29.8. The topological polar surface area (TPSA) is 147 Å². The van der Waals surface area contributed by atoms with E-state index in [2.05, 4.69) is 75.0 Å². The fraction of sp³-hybridized carbons (Fsp3) is 0.576. The smallest absolute Gasteiger partial charge is 0.256 e. The molecule has 4 amide bonds. The molecule has 4 aliphatic heterocycles. The van der Waals surface area contributed by atoms with Gasteiger partial charge in [0.05, 0.1) is 5.92 Å². The Morgan fingerprint density at radius 1 is 0.482 bits per heavy atom. The Bertz CT molecular complexity index is 2600. The molecule has 8 rings (SSSR count). The van der Waals surface area contributed by atoms with Crippen molar-refractivity contribution in [3.05, 3.63) is 141 Å². The van der Waals surface area contributed by atoms with Crippen molar-refractivity contribution in [1.29, 1.82) is 0 Å². The van der Waals surface area contributed by atoms with Crippen molar-refractivity contribution in [2.75, 3.05) is 139 Å². The van der Waals surface area contributed by atoms with Gasteiger partial charge < -0.3 is 35.3 Å². The number of halogens is 3. The van der Waals surface area contributed by atoms with Gasteiger partial charge in [-0.2, -0.15) is 0 Å². The van der Waals surface area contributed by atoms with Crippen molar-refractivity contribution >= 4 is 46.8 Å². The highest BCUT2D eigenvalue weighted by molar-refractivity contribution is 6.31. The molecule has 0 bridgehead atoms. The Morgan fingerprint density at radius 3 is 1.24 bits per heavy atom. The van der Waals surface area contributed by atoms with Crippen LogP contribution in [0.3, 0.4) is 0 Å². The minimum atomic E-state index is -1.04. The fourth-order valence-corrected chi connectivity index (χ4v) is 11.5. The molecule has 4 atom stereocenters. The first-order valence-electron chi connectivity index (χ1n) is 30.4. The molecule has 0 radical (unpaired) electrons. The largest absolute Gasteiger partial charge is 0.378 e. The van der Waals surface area contributed by atoms with Crippen LogP contribution in [0.1, 0.15) is 107 Å². The SMILES string of the molecule is CC(C)N1CCN(C(=O)C(CN(C)C)c2ccc(F)cc2)CC1.CC(C)N1CCN(C(=O)C(N)c2cccc(Cl)c2)CC1.CC(C)N1CCN(C(=O)C(c2cccc(Cl)c2)N(C)C)CC1.Cc1cccc(C(O)C(=O)N2CCN(C(C)C)CC2)c1. The molecule has 0 aliphatic carbocycles. The third kappa shape index (κ3) is 21.6. The molecule has 4 aliphatic rings. The number of hydrogen-bond acceptors (Lipinski definition) is 12. The number of aliphatic hydroxyl groups is 1. The van der Waals surface area contributed by atoms with Gasteiger partial charge in [-0.25, -0.2) is 4.39 Å². The predicted molar refractivity (Wildman–Crippen MR) is 343 cm³/mol. The van der Waals surface area contributed by atoms with E-state index < -0.39 is 12.1 Å². The second-order valence-corrected chi connectivity index (χ2v) is 25.3. The molecule has 470 valence electrons. The molecule has 4 unspecified atom stereocenters. The van der Waals surface area contributed by atoms with Gasteiger partial charge in [0.1, 0.15) is 17.9 Å². The quantitative estimate of drug-likeness (QED) is 0.119. The first-order valence-corrected chi connectivity index (χ1v) is 31.2. The van der Waals surface area contributed by atoms with E-state index in [1.165, 1.54) is 12.1 Å². The van der Waals surface area contributed by atoms with Gasteiger partial charge in [0.15, 0.2) is 6.10 Å². The third-order valence-electron chi connectivity index (χ3n) is 16.5. The van der Waals surface area contributed by atoms with Crippen LogP contribution in [0.25, 0.3) is 0 Å². The van der Waals surface area contributed by atoms with E-state index in [9.17, 15) is 28.7 Å². The van der Waals surface area contributed by atoms with Gasteiger partial charge in [-0.1, -0.05) is 89.4 Å². The first kappa shape index (κ1) is 70.7. The van der Waals surface area contributed by atoms with E-state index in [4.69, 9.17) is 28.9 Å². The lowest BCUT2D eigenvalue weighted by Gasteiger charge is -2.39. The molecule has 0 aromatic heterocycles. The second kappa shape index (κ2) is 34.5. The monoisotopic (exact) mass is 1220 g/mol. The van der Waals surface area contributed by atoms with Crippen LogP contribution in [0.4, 0.5) is 4.39 Å². The molecule has 4 aromatic carbocycles. The first-order chi connectivity index (χ1) is 40.2. The Balaban J connectivity index is 0.000000207. The van der Waals surface area contributed by atoms with Crippen LogP contribution in [0, 0.1) is 12.7 Å². The number of nitrogens with two attached hydrogens (primary N) is 1. The highest BCUT2D eigenvalue weighted by Crippen LogP contribution is 2.26. The van der Waals surface area contributed by atoms with Gasteiger partial charge in [0, 0.05) is 145 Å². The number of aliphatic hydroxyl groups excluding tert-OH is 1. The van der Waals surface area contributed by atoms with E-state index >= 15 is 0 Å². The molecule has 4 saturated heterocycles. The summed E-state index contributed by atoms with van der Waals surface area (Å²) >= 11 is 12.0. The maximum atomic E-state index is 13.2. The lowest BCUT2D eigenvalue weighted by Crippen LogP contribution is -2.52. The standard InChI is InChI=1S/C18H28FN3O.C17H26ClN3O.C16H24N2O2.C15H22ClN3O/c1-14(2)21-9-11-22(12-10-21)18(23)17(13-20(3)4)15-5-7-16(19)8-6-15;1-13(2)20-8-10-21(11-9-20)17(22)16(19(3)4)14-6-5-7-15(18)12-14;1-12(2)17-7-9-18(10-8-17)16(20)15(19)14-6-4-5-13(3)11-14;1-11(2)18-6-8-19(9-7-18)15(20)14(17)12-4-3-5-13(16)10-12/h5-8,14,17H,9-13H2,1-4H3;5-7,12-13,16H,8-11H2,1-4H3;4-6,11-12,15,19H,7-10H2,1-3H3;3-5,10-11,14H,6-9,17H2,1-2H3. The summed E-state index contributed by atoms with van der Waals surface area (Å²) in [5, 5.41) is 11.5. The van der Waals surface area contributed by atoms with Crippen LogP contribution in [-0.2, 0) is 19.2 Å². The van der Waals surface area contributed by atoms with Crippen molar-refractivity contribution < 1.29 is 28.7 Å². The van der Waals surface area contributed by atoms with E-state index in [-0.39, 0.29) is 41.4 Å². The van der Waals surface area contributed by atoms with Crippen molar-refractivity contribution in [3.63, 3.8) is 0 Å². The summed E-state index contributed by atoms with van der Waals surface area (Å²) in [5.74, 6) is -0.398. The summed E-state index contributed by atoms with van der Waals surface area (Å²) in [7, 11) is 7.79. The molecule has 85 heavy (non-hydrogen) atoms. The summed E-state index contributed by atoms with van der Waals surface area (Å²) < 4.78 is 13.2. The molecule has 4 heterocycles. The average molecular weight is 1220 g/mol.